The van der Waals surface area contributed by atoms with E-state index in [2.05, 4.69) is 20.8 Å². The third-order valence-corrected chi connectivity index (χ3v) is 7.06. The highest BCUT2D eigenvalue weighted by Crippen LogP contribution is 2.40. The van der Waals surface area contributed by atoms with E-state index >= 15 is 0 Å². The van der Waals surface area contributed by atoms with Crippen LogP contribution in [0.5, 0.6) is 0 Å². The minimum Gasteiger partial charge on any atom is -0.492 e. The van der Waals surface area contributed by atoms with Crippen LogP contribution >= 0.6 is 23.1 Å². The first-order chi connectivity index (χ1) is 15.8. The number of nitrogen functional groups attached to an aromatic ring is 1. The van der Waals surface area contributed by atoms with Crippen molar-refractivity contribution in [1.82, 2.24) is 20.5 Å². The molecule has 5 N–H and O–H groups in total. The first-order valence-electron chi connectivity index (χ1n) is 9.76. The third-order valence-electron chi connectivity index (χ3n) is 5.13. The van der Waals surface area contributed by atoms with E-state index in [1.54, 1.807) is 0 Å². The van der Waals surface area contributed by atoms with Gasteiger partial charge in [-0.1, -0.05) is 5.16 Å². The molecular weight excluding hydrogens is 476 g/mol. The monoisotopic (exact) mass is 496 g/mol. The van der Waals surface area contributed by atoms with Gasteiger partial charge in [0.25, 0.3) is 11.8 Å². The van der Waals surface area contributed by atoms with Gasteiger partial charge in [-0.2, -0.15) is 0 Å². The molecule has 3 atom stereocenters. The molecule has 0 bridgehead atoms. The maximum absolute atomic E-state index is 12.8. The van der Waals surface area contributed by atoms with Crippen molar-refractivity contribution in [2.45, 2.75) is 30.3 Å². The number of aromatic nitrogens is 1. The molecule has 33 heavy (non-hydrogen) atoms. The molecule has 1 aromatic rings. The number of aliphatic carboxylic acids is 1. The van der Waals surface area contributed by atoms with Crippen LogP contribution in [-0.4, -0.2) is 81.3 Å². The molecule has 4 rings (SSSR count). The zero-order valence-electron chi connectivity index (χ0n) is 17.3. The molecule has 3 aliphatic rings. The number of carbonyl (C=O) groups excluding carboxylic acids is 3. The number of thioether (sulfide) groups is 1. The smallest absolute Gasteiger partial charge is 0.356 e. The van der Waals surface area contributed by atoms with Crippen LogP contribution in [0.25, 0.3) is 0 Å². The number of carbonyl (C=O) groups is 4. The molecule has 2 fully saturated rings. The predicted molar refractivity (Wildman–Crippen MR) is 117 cm³/mol. The lowest BCUT2D eigenvalue weighted by Gasteiger charge is -2.49. The number of nitrogens with zero attached hydrogens (tertiary/aromatic N) is 3. The molecule has 3 amide bonds. The fourth-order valence-electron chi connectivity index (χ4n) is 3.61. The van der Waals surface area contributed by atoms with Crippen molar-refractivity contribution in [3.8, 4) is 0 Å². The summed E-state index contributed by atoms with van der Waals surface area (Å²) in [4.78, 5) is 58.6. The number of hydrogen-bond donors (Lipinski definition) is 4. The molecule has 15 heteroatoms. The summed E-state index contributed by atoms with van der Waals surface area (Å²) >= 11 is 2.37. The van der Waals surface area contributed by atoms with Crippen molar-refractivity contribution < 1.29 is 33.9 Å². The highest BCUT2D eigenvalue weighted by atomic mass is 32.2. The number of fused-ring (bicyclic) bond motifs is 1. The minimum atomic E-state index is -1.32. The van der Waals surface area contributed by atoms with Crippen LogP contribution in [0.3, 0.4) is 0 Å². The number of rotatable bonds is 8. The molecule has 4 heterocycles. The third kappa shape index (κ3) is 4.45. The lowest BCUT2D eigenvalue weighted by Crippen LogP contribution is -2.71. The van der Waals surface area contributed by atoms with Gasteiger partial charge in [0.05, 0.1) is 11.8 Å². The van der Waals surface area contributed by atoms with Gasteiger partial charge in [0.15, 0.2) is 16.5 Å². The summed E-state index contributed by atoms with van der Waals surface area (Å²) in [7, 11) is 1.26. The number of amides is 3. The van der Waals surface area contributed by atoms with E-state index in [4.69, 9.17) is 15.3 Å². The number of ether oxygens (including phenoxy) is 1. The Bertz CT molecular complexity index is 1070. The van der Waals surface area contributed by atoms with E-state index in [1.165, 1.54) is 24.3 Å². The number of thiazole rings is 1. The summed E-state index contributed by atoms with van der Waals surface area (Å²) in [6.07, 6.45) is 0.987. The number of carboxylic acids is 1. The average molecular weight is 497 g/mol. The Labute approximate surface area is 195 Å². The average Bonchev–Trinajstić information content (AvgIpc) is 3.40. The van der Waals surface area contributed by atoms with E-state index in [0.29, 0.717) is 12.8 Å². The Morgan fingerprint density at radius 2 is 2.24 bits per heavy atom. The summed E-state index contributed by atoms with van der Waals surface area (Å²) in [5, 5.41) is 19.8. The topological polar surface area (TPSA) is 186 Å². The largest absolute Gasteiger partial charge is 0.492 e. The van der Waals surface area contributed by atoms with Gasteiger partial charge in [-0.3, -0.25) is 19.3 Å². The molecule has 0 unspecified atom stereocenters. The summed E-state index contributed by atoms with van der Waals surface area (Å²) in [6, 6.07) is -1.18. The maximum Gasteiger partial charge on any atom is 0.356 e. The van der Waals surface area contributed by atoms with Gasteiger partial charge in [0, 0.05) is 11.8 Å². The Kier molecular flexibility index (Phi) is 6.42. The molecule has 0 saturated carbocycles. The van der Waals surface area contributed by atoms with Gasteiger partial charge in [-0.05, 0) is 6.42 Å². The van der Waals surface area contributed by atoms with Crippen molar-refractivity contribution in [2.75, 3.05) is 25.2 Å². The van der Waals surface area contributed by atoms with Crippen LogP contribution in [-0.2, 0) is 28.8 Å². The van der Waals surface area contributed by atoms with E-state index in [1.807, 2.05) is 0 Å². The van der Waals surface area contributed by atoms with Crippen LogP contribution in [0.1, 0.15) is 18.5 Å². The van der Waals surface area contributed by atoms with Gasteiger partial charge in [0.1, 0.15) is 36.6 Å². The van der Waals surface area contributed by atoms with Crippen molar-refractivity contribution in [3.63, 3.8) is 0 Å². The standard InChI is InChI=1S/C18H20N6O7S2/c1-30-23-11(8-5-33-18(19)21-8)14(26)22-12-15(27)24-13(17(28)29)9(6-32-16(12)24)31-4-7-2-3-10(25)20-7/h5,7,12,16H,2-4,6H2,1H3,(H2,19,21)(H,20,25)(H,22,26)(H,28,29)/b23-11-/t7-,12+,16-/m0/s1. The van der Waals surface area contributed by atoms with Crippen LogP contribution < -0.4 is 16.4 Å². The second-order valence-electron chi connectivity index (χ2n) is 7.25. The number of hydrogen-bond acceptors (Lipinski definition) is 11. The van der Waals surface area contributed by atoms with E-state index in [-0.39, 0.29) is 52.3 Å². The molecular formula is C18H20N6O7S2. The highest BCUT2D eigenvalue weighted by molar-refractivity contribution is 8.00. The lowest BCUT2D eigenvalue weighted by molar-refractivity contribution is -0.150. The fourth-order valence-corrected chi connectivity index (χ4v) is 5.43. The zero-order valence-corrected chi connectivity index (χ0v) is 18.9. The Morgan fingerprint density at radius 1 is 1.45 bits per heavy atom. The Balaban J connectivity index is 1.46. The van der Waals surface area contributed by atoms with Crippen molar-refractivity contribution >= 4 is 57.6 Å². The summed E-state index contributed by atoms with van der Waals surface area (Å²) in [5.74, 6) is -2.37. The highest BCUT2D eigenvalue weighted by Gasteiger charge is 2.55. The molecule has 0 aromatic carbocycles. The van der Waals surface area contributed by atoms with Crippen molar-refractivity contribution in [3.05, 3.63) is 22.5 Å². The predicted octanol–water partition coefficient (Wildman–Crippen LogP) is -0.933. The summed E-state index contributed by atoms with van der Waals surface area (Å²) in [6.45, 7) is 0.110. The number of oxime groups is 1. The van der Waals surface area contributed by atoms with E-state index in [9.17, 15) is 24.3 Å². The number of nitrogens with one attached hydrogen (secondary N) is 2. The normalized spacial score (nSPS) is 24.7. The first-order valence-corrected chi connectivity index (χ1v) is 11.7. The van der Waals surface area contributed by atoms with Gasteiger partial charge in [0.2, 0.25) is 5.91 Å². The summed E-state index contributed by atoms with van der Waals surface area (Å²) < 4.78 is 5.66. The second-order valence-corrected chi connectivity index (χ2v) is 9.24. The lowest BCUT2D eigenvalue weighted by atomic mass is 10.0. The van der Waals surface area contributed by atoms with Gasteiger partial charge < -0.3 is 31.0 Å². The van der Waals surface area contributed by atoms with Crippen molar-refractivity contribution in [1.29, 1.82) is 0 Å². The number of anilines is 1. The van der Waals surface area contributed by atoms with E-state index < -0.39 is 29.2 Å². The molecule has 0 spiro atoms. The maximum atomic E-state index is 12.8. The molecule has 0 aliphatic carbocycles. The second kappa shape index (κ2) is 9.27. The van der Waals surface area contributed by atoms with Crippen LogP contribution in [0, 0.1) is 0 Å². The molecule has 13 nitrogen and oxygen atoms in total. The van der Waals surface area contributed by atoms with Crippen molar-refractivity contribution in [2.24, 2.45) is 5.16 Å². The van der Waals surface area contributed by atoms with Crippen LogP contribution in [0.15, 0.2) is 22.0 Å². The quantitative estimate of drug-likeness (QED) is 0.199. The number of β-lactam (4-membered cyclic amide) rings is 1. The molecule has 1 aromatic heterocycles. The van der Waals surface area contributed by atoms with E-state index in [0.717, 1.165) is 16.2 Å². The SMILES string of the molecule is CO/N=C(\C(=O)N[C@@H]1C(=O)N2C(C(=O)O)=C(OC[C@@H]3CCC(=O)N3)CS[C@@H]12)c1csc(N)n1. The van der Waals surface area contributed by atoms with Crippen LogP contribution in [0.2, 0.25) is 0 Å². The van der Waals surface area contributed by atoms with Crippen LogP contribution in [0.4, 0.5) is 5.13 Å². The molecule has 3 aliphatic heterocycles. The van der Waals surface area contributed by atoms with Gasteiger partial charge >= 0.3 is 5.97 Å². The van der Waals surface area contributed by atoms with Gasteiger partial charge in [-0.25, -0.2) is 9.78 Å². The molecule has 176 valence electrons. The zero-order chi connectivity index (χ0) is 23.7. The summed E-state index contributed by atoms with van der Waals surface area (Å²) in [5.41, 5.74) is 5.38. The Hall–Kier alpha value is -3.33. The molecule has 2 saturated heterocycles. The number of carboxylic acid groups (broad SMARTS) is 1. The van der Waals surface area contributed by atoms with Gasteiger partial charge in [-0.15, -0.1) is 23.1 Å². The Morgan fingerprint density at radius 3 is 2.85 bits per heavy atom. The first kappa shape index (κ1) is 22.8. The number of nitrogens with two attached hydrogens (primary N) is 1. The minimum absolute atomic E-state index is 0.0812. The fraction of sp³-hybridized carbons (Fsp3) is 0.444. The molecule has 0 radical (unpaired) electrons.